The molecule has 3 rings (SSSR count). The molecule has 0 radical (unpaired) electrons. The van der Waals surface area contributed by atoms with Crippen LogP contribution in [0.1, 0.15) is 25.3 Å². The van der Waals surface area contributed by atoms with Crippen molar-refractivity contribution in [1.29, 1.82) is 0 Å². The zero-order valence-corrected chi connectivity index (χ0v) is 13.2. The van der Waals surface area contributed by atoms with Crippen LogP contribution in [0.2, 0.25) is 0 Å². The molecule has 23 heavy (non-hydrogen) atoms. The van der Waals surface area contributed by atoms with Gasteiger partial charge in [-0.1, -0.05) is 42.8 Å². The Hall–Kier alpha value is -2.69. The van der Waals surface area contributed by atoms with Crippen molar-refractivity contribution < 1.29 is 4.79 Å². The third-order valence-corrected chi connectivity index (χ3v) is 3.77. The maximum atomic E-state index is 12.2. The molecule has 5 nitrogen and oxygen atoms in total. The summed E-state index contributed by atoms with van der Waals surface area (Å²) in [5.41, 5.74) is 3.75. The van der Waals surface area contributed by atoms with Crippen LogP contribution in [0.5, 0.6) is 0 Å². The van der Waals surface area contributed by atoms with Crippen molar-refractivity contribution in [1.82, 2.24) is 15.0 Å². The van der Waals surface area contributed by atoms with Crippen LogP contribution >= 0.6 is 0 Å². The van der Waals surface area contributed by atoms with Gasteiger partial charge in [-0.25, -0.2) is 4.68 Å². The quantitative estimate of drug-likeness (QED) is 0.759. The number of hydrogen-bond acceptors (Lipinski definition) is 3. The average Bonchev–Trinajstić information content (AvgIpc) is 2.97. The lowest BCUT2D eigenvalue weighted by molar-refractivity contribution is -0.116. The first-order valence-corrected chi connectivity index (χ1v) is 7.93. The summed E-state index contributed by atoms with van der Waals surface area (Å²) in [6, 6.07) is 15.6. The number of para-hydroxylation sites is 1. The summed E-state index contributed by atoms with van der Waals surface area (Å²) in [5, 5.41) is 11.0. The molecule has 1 heterocycles. The van der Waals surface area contributed by atoms with Crippen molar-refractivity contribution in [3.63, 3.8) is 0 Å². The van der Waals surface area contributed by atoms with Gasteiger partial charge in [0.1, 0.15) is 12.1 Å². The molecular weight excluding hydrogens is 288 g/mol. The third-order valence-electron chi connectivity index (χ3n) is 3.77. The predicted octanol–water partition coefficient (Wildman–Crippen LogP) is 3.41. The van der Waals surface area contributed by atoms with Crippen LogP contribution in [0, 0.1) is 0 Å². The Bertz CT molecular complexity index is 792. The first-order chi connectivity index (χ1) is 11.3. The summed E-state index contributed by atoms with van der Waals surface area (Å²) in [5.74, 6) is -0.109. The zero-order chi connectivity index (χ0) is 16.1. The number of hydrogen-bond donors (Lipinski definition) is 1. The molecule has 0 spiro atoms. The van der Waals surface area contributed by atoms with E-state index in [0.717, 1.165) is 23.1 Å². The van der Waals surface area contributed by atoms with Crippen molar-refractivity contribution in [2.75, 3.05) is 5.32 Å². The van der Waals surface area contributed by atoms with E-state index in [0.29, 0.717) is 0 Å². The molecule has 3 aromatic rings. The Morgan fingerprint density at radius 3 is 2.70 bits per heavy atom. The van der Waals surface area contributed by atoms with Crippen molar-refractivity contribution >= 4 is 22.6 Å². The van der Waals surface area contributed by atoms with Crippen LogP contribution in [0.15, 0.2) is 48.5 Å². The lowest BCUT2D eigenvalue weighted by atomic mass is 10.1. The Balaban J connectivity index is 1.63. The Kier molecular flexibility index (Phi) is 4.66. The minimum absolute atomic E-state index is 0.109. The lowest BCUT2D eigenvalue weighted by Gasteiger charge is -2.07. The number of rotatable bonds is 6. The second-order valence-electron chi connectivity index (χ2n) is 5.58. The number of anilines is 1. The van der Waals surface area contributed by atoms with Crippen molar-refractivity contribution in [3.8, 4) is 0 Å². The van der Waals surface area contributed by atoms with Gasteiger partial charge in [-0.05, 0) is 42.7 Å². The number of fused-ring (bicyclic) bond motifs is 1. The maximum Gasteiger partial charge on any atom is 0.246 e. The summed E-state index contributed by atoms with van der Waals surface area (Å²) in [6.07, 6.45) is 3.45. The first-order valence-electron chi connectivity index (χ1n) is 7.93. The number of carbonyl (C=O) groups is 1. The number of nitrogens with zero attached hydrogens (tertiary/aromatic N) is 3. The number of aryl methyl sites for hydroxylation is 1. The van der Waals surface area contributed by atoms with E-state index in [4.69, 9.17) is 0 Å². The van der Waals surface area contributed by atoms with Gasteiger partial charge in [-0.3, -0.25) is 4.79 Å². The van der Waals surface area contributed by atoms with E-state index in [9.17, 15) is 4.79 Å². The third kappa shape index (κ3) is 3.74. The van der Waals surface area contributed by atoms with Gasteiger partial charge in [0.25, 0.3) is 0 Å². The van der Waals surface area contributed by atoms with E-state index in [1.165, 1.54) is 18.4 Å². The second kappa shape index (κ2) is 7.05. The molecular formula is C18H20N4O. The van der Waals surface area contributed by atoms with Crippen LogP contribution < -0.4 is 5.32 Å². The smallest absolute Gasteiger partial charge is 0.246 e. The van der Waals surface area contributed by atoms with E-state index in [1.54, 1.807) is 4.68 Å². The molecule has 0 atom stereocenters. The van der Waals surface area contributed by atoms with Crippen LogP contribution in [-0.4, -0.2) is 20.9 Å². The second-order valence-corrected chi connectivity index (χ2v) is 5.58. The predicted molar refractivity (Wildman–Crippen MR) is 91.2 cm³/mol. The highest BCUT2D eigenvalue weighted by molar-refractivity contribution is 5.91. The van der Waals surface area contributed by atoms with Gasteiger partial charge in [0, 0.05) is 5.69 Å². The van der Waals surface area contributed by atoms with Crippen LogP contribution in [0.25, 0.3) is 11.0 Å². The number of unbranched alkanes of at least 4 members (excludes halogenated alkanes) is 1. The van der Waals surface area contributed by atoms with Crippen molar-refractivity contribution in [2.45, 2.75) is 32.7 Å². The Morgan fingerprint density at radius 2 is 1.91 bits per heavy atom. The summed E-state index contributed by atoms with van der Waals surface area (Å²) in [7, 11) is 0. The summed E-state index contributed by atoms with van der Waals surface area (Å²) < 4.78 is 1.61. The monoisotopic (exact) mass is 308 g/mol. The molecule has 118 valence electrons. The number of aromatic nitrogens is 3. The zero-order valence-electron chi connectivity index (χ0n) is 13.2. The molecule has 1 aromatic heterocycles. The van der Waals surface area contributed by atoms with E-state index in [1.807, 2.05) is 36.4 Å². The van der Waals surface area contributed by atoms with Gasteiger partial charge in [-0.15, -0.1) is 5.10 Å². The summed E-state index contributed by atoms with van der Waals surface area (Å²) >= 11 is 0. The molecule has 0 fully saturated rings. The van der Waals surface area contributed by atoms with Crippen LogP contribution in [0.3, 0.4) is 0 Å². The fourth-order valence-electron chi connectivity index (χ4n) is 2.51. The maximum absolute atomic E-state index is 12.2. The van der Waals surface area contributed by atoms with Gasteiger partial charge >= 0.3 is 0 Å². The highest BCUT2D eigenvalue weighted by Gasteiger charge is 2.08. The minimum atomic E-state index is -0.109. The molecule has 2 aromatic carbocycles. The minimum Gasteiger partial charge on any atom is -0.324 e. The largest absolute Gasteiger partial charge is 0.324 e. The number of carbonyl (C=O) groups excluding carboxylic acids is 1. The fraction of sp³-hybridized carbons (Fsp3) is 0.278. The SMILES string of the molecule is CCCCc1ccc(NC(=O)Cn2nnc3ccccc32)cc1. The van der Waals surface area contributed by atoms with Gasteiger partial charge in [-0.2, -0.15) is 0 Å². The average molecular weight is 308 g/mol. The van der Waals surface area contributed by atoms with E-state index < -0.39 is 0 Å². The molecule has 5 heteroatoms. The van der Waals surface area contributed by atoms with Gasteiger partial charge < -0.3 is 5.32 Å². The van der Waals surface area contributed by atoms with Gasteiger partial charge in [0.2, 0.25) is 5.91 Å². The van der Waals surface area contributed by atoms with Crippen molar-refractivity contribution in [2.24, 2.45) is 0 Å². The molecule has 1 amide bonds. The molecule has 0 aliphatic carbocycles. The van der Waals surface area contributed by atoms with Crippen LogP contribution in [0.4, 0.5) is 5.69 Å². The highest BCUT2D eigenvalue weighted by atomic mass is 16.2. The molecule has 0 saturated heterocycles. The molecule has 0 aliphatic heterocycles. The first kappa shape index (κ1) is 15.2. The van der Waals surface area contributed by atoms with Gasteiger partial charge in [0.15, 0.2) is 0 Å². The molecule has 0 saturated carbocycles. The molecule has 0 bridgehead atoms. The van der Waals surface area contributed by atoms with Crippen molar-refractivity contribution in [3.05, 3.63) is 54.1 Å². The Labute approximate surface area is 135 Å². The number of nitrogens with one attached hydrogen (secondary N) is 1. The van der Waals surface area contributed by atoms with Crippen LogP contribution in [-0.2, 0) is 17.8 Å². The lowest BCUT2D eigenvalue weighted by Crippen LogP contribution is -2.19. The van der Waals surface area contributed by atoms with E-state index >= 15 is 0 Å². The molecule has 0 aliphatic rings. The summed E-state index contributed by atoms with van der Waals surface area (Å²) in [4.78, 5) is 12.2. The fourth-order valence-corrected chi connectivity index (χ4v) is 2.51. The highest BCUT2D eigenvalue weighted by Crippen LogP contribution is 2.13. The Morgan fingerprint density at radius 1 is 1.13 bits per heavy atom. The number of benzene rings is 2. The standard InChI is InChI=1S/C18H20N4O/c1-2-3-6-14-9-11-15(12-10-14)19-18(23)13-22-17-8-5-4-7-16(17)20-21-22/h4-5,7-12H,2-3,6,13H2,1H3,(H,19,23). The van der Waals surface area contributed by atoms with E-state index in [-0.39, 0.29) is 12.5 Å². The van der Waals surface area contributed by atoms with E-state index in [2.05, 4.69) is 34.7 Å². The topological polar surface area (TPSA) is 59.8 Å². The normalized spacial score (nSPS) is 10.8. The summed E-state index contributed by atoms with van der Waals surface area (Å²) in [6.45, 7) is 2.33. The molecule has 0 unspecified atom stereocenters. The molecule has 1 N–H and O–H groups in total. The number of amides is 1. The van der Waals surface area contributed by atoms with Gasteiger partial charge in [0.05, 0.1) is 5.52 Å².